The molecule has 2 aromatic carbocycles. The number of carbonyl (C=O) groups is 1. The highest BCUT2D eigenvalue weighted by atomic mass is 35.5. The molecule has 0 fully saturated rings. The van der Waals surface area contributed by atoms with Crippen LogP contribution >= 0.6 is 11.6 Å². The number of nitrogens with zero attached hydrogens (tertiary/aromatic N) is 1. The molecule has 0 amide bonds. The van der Waals surface area contributed by atoms with Crippen LogP contribution in [-0.4, -0.2) is 18.5 Å². The Labute approximate surface area is 141 Å². The quantitative estimate of drug-likeness (QED) is 0.611. The fourth-order valence-electron chi connectivity index (χ4n) is 2.10. The summed E-state index contributed by atoms with van der Waals surface area (Å²) in [4.78, 5) is 16.1. The Morgan fingerprint density at radius 3 is 2.71 bits per heavy atom. The molecule has 0 spiro atoms. The van der Waals surface area contributed by atoms with E-state index in [9.17, 15) is 13.6 Å². The normalized spacial score (nSPS) is 15.6. The van der Waals surface area contributed by atoms with E-state index in [1.165, 1.54) is 18.2 Å². The largest absolute Gasteiger partial charge is 0.434 e. The van der Waals surface area contributed by atoms with Crippen molar-refractivity contribution in [3.63, 3.8) is 0 Å². The minimum absolute atomic E-state index is 0.0182. The molecule has 3 rings (SSSR count). The number of rotatable bonds is 4. The van der Waals surface area contributed by atoms with Crippen LogP contribution in [0.3, 0.4) is 0 Å². The van der Waals surface area contributed by atoms with E-state index in [0.717, 1.165) is 0 Å². The molecule has 0 radical (unpaired) electrons. The summed E-state index contributed by atoms with van der Waals surface area (Å²) in [6.45, 7) is -2.97. The molecule has 0 aliphatic carbocycles. The van der Waals surface area contributed by atoms with Crippen LogP contribution in [0.2, 0.25) is 5.02 Å². The van der Waals surface area contributed by atoms with E-state index in [1.807, 2.05) is 0 Å². The van der Waals surface area contributed by atoms with E-state index in [2.05, 4.69) is 9.73 Å². The summed E-state index contributed by atoms with van der Waals surface area (Å²) in [7, 11) is 0. The fraction of sp³-hybridized carbons (Fsp3) is 0.0588. The van der Waals surface area contributed by atoms with Gasteiger partial charge in [-0.25, -0.2) is 9.79 Å². The van der Waals surface area contributed by atoms with Crippen LogP contribution in [0.1, 0.15) is 11.1 Å². The Balaban J connectivity index is 1.95. The first-order valence-electron chi connectivity index (χ1n) is 6.85. The second kappa shape index (κ2) is 6.80. The van der Waals surface area contributed by atoms with Crippen molar-refractivity contribution in [2.75, 3.05) is 0 Å². The molecule has 1 aliphatic rings. The lowest BCUT2D eigenvalue weighted by atomic mass is 10.1. The SMILES string of the molecule is O=C1OC(c2cccc(Cl)c2)=NC1=Cc1ccccc1OC(F)F. The van der Waals surface area contributed by atoms with Gasteiger partial charge >= 0.3 is 12.6 Å². The summed E-state index contributed by atoms with van der Waals surface area (Å²) in [6.07, 6.45) is 1.33. The van der Waals surface area contributed by atoms with Gasteiger partial charge in [0.25, 0.3) is 0 Å². The molecule has 122 valence electrons. The van der Waals surface area contributed by atoms with E-state index in [0.29, 0.717) is 16.1 Å². The number of benzene rings is 2. The number of para-hydroxylation sites is 1. The van der Waals surface area contributed by atoms with Gasteiger partial charge < -0.3 is 9.47 Å². The zero-order valence-electron chi connectivity index (χ0n) is 12.1. The lowest BCUT2D eigenvalue weighted by Crippen LogP contribution is -2.05. The Bertz CT molecular complexity index is 849. The summed E-state index contributed by atoms with van der Waals surface area (Å²) in [6, 6.07) is 12.8. The number of hydrogen-bond donors (Lipinski definition) is 0. The predicted octanol–water partition coefficient (Wildman–Crippen LogP) is 4.29. The second-order valence-corrected chi connectivity index (χ2v) is 5.20. The highest BCUT2D eigenvalue weighted by Gasteiger charge is 2.24. The molecule has 24 heavy (non-hydrogen) atoms. The molecule has 0 atom stereocenters. The van der Waals surface area contributed by atoms with Crippen molar-refractivity contribution in [2.24, 2.45) is 4.99 Å². The molecular formula is C17H10ClF2NO3. The van der Waals surface area contributed by atoms with Gasteiger partial charge in [-0.15, -0.1) is 0 Å². The molecule has 0 N–H and O–H groups in total. The van der Waals surface area contributed by atoms with Gasteiger partial charge in [0.05, 0.1) is 0 Å². The van der Waals surface area contributed by atoms with Crippen LogP contribution in [0.4, 0.5) is 8.78 Å². The van der Waals surface area contributed by atoms with Gasteiger partial charge in [0.15, 0.2) is 5.70 Å². The molecule has 2 aromatic rings. The minimum Gasteiger partial charge on any atom is -0.434 e. The van der Waals surface area contributed by atoms with Crippen molar-refractivity contribution in [3.8, 4) is 5.75 Å². The number of ether oxygens (including phenoxy) is 2. The van der Waals surface area contributed by atoms with Crippen molar-refractivity contribution in [2.45, 2.75) is 6.61 Å². The number of halogens is 3. The molecule has 0 aromatic heterocycles. The van der Waals surface area contributed by atoms with Crippen molar-refractivity contribution < 1.29 is 23.0 Å². The number of esters is 1. The average Bonchev–Trinajstić information content (AvgIpc) is 2.90. The van der Waals surface area contributed by atoms with Crippen LogP contribution in [0, 0.1) is 0 Å². The maximum absolute atomic E-state index is 12.4. The van der Waals surface area contributed by atoms with Gasteiger partial charge in [-0.3, -0.25) is 0 Å². The van der Waals surface area contributed by atoms with E-state index in [1.54, 1.807) is 36.4 Å². The summed E-state index contributed by atoms with van der Waals surface area (Å²) in [5.74, 6) is -0.642. The standard InChI is InChI=1S/C17H10ClF2NO3/c18-12-6-3-5-11(8-12)15-21-13(16(22)24-15)9-10-4-1-2-7-14(10)23-17(19)20/h1-9,17H. The van der Waals surface area contributed by atoms with Crippen molar-refractivity contribution >= 4 is 29.5 Å². The van der Waals surface area contributed by atoms with Crippen LogP contribution in [0.25, 0.3) is 6.08 Å². The molecule has 1 heterocycles. The Hall–Kier alpha value is -2.73. The first kappa shape index (κ1) is 16.1. The molecule has 0 saturated carbocycles. The zero-order chi connectivity index (χ0) is 17.1. The van der Waals surface area contributed by atoms with Crippen LogP contribution in [0.15, 0.2) is 59.2 Å². The predicted molar refractivity (Wildman–Crippen MR) is 85.1 cm³/mol. The highest BCUT2D eigenvalue weighted by Crippen LogP contribution is 2.26. The third kappa shape index (κ3) is 3.60. The average molecular weight is 350 g/mol. The molecule has 0 saturated heterocycles. The Kier molecular flexibility index (Phi) is 4.57. The lowest BCUT2D eigenvalue weighted by molar-refractivity contribution is -0.129. The second-order valence-electron chi connectivity index (χ2n) is 4.76. The van der Waals surface area contributed by atoms with E-state index in [-0.39, 0.29) is 17.3 Å². The fourth-order valence-corrected chi connectivity index (χ4v) is 2.29. The van der Waals surface area contributed by atoms with Crippen LogP contribution in [0.5, 0.6) is 5.75 Å². The number of cyclic esters (lactones) is 1. The zero-order valence-corrected chi connectivity index (χ0v) is 12.8. The molecular weight excluding hydrogens is 340 g/mol. The lowest BCUT2D eigenvalue weighted by Gasteiger charge is -2.07. The van der Waals surface area contributed by atoms with E-state index < -0.39 is 12.6 Å². The van der Waals surface area contributed by atoms with Crippen molar-refractivity contribution in [3.05, 3.63) is 70.4 Å². The Morgan fingerprint density at radius 1 is 1.17 bits per heavy atom. The molecule has 0 bridgehead atoms. The van der Waals surface area contributed by atoms with Gasteiger partial charge in [-0.2, -0.15) is 8.78 Å². The topological polar surface area (TPSA) is 47.9 Å². The van der Waals surface area contributed by atoms with Crippen molar-refractivity contribution in [1.82, 2.24) is 0 Å². The minimum atomic E-state index is -2.97. The monoisotopic (exact) mass is 349 g/mol. The summed E-state index contributed by atoms with van der Waals surface area (Å²) < 4.78 is 34.4. The number of carbonyl (C=O) groups excluding carboxylic acids is 1. The number of hydrogen-bond acceptors (Lipinski definition) is 4. The van der Waals surface area contributed by atoms with E-state index in [4.69, 9.17) is 16.3 Å². The molecule has 7 heteroatoms. The third-order valence-electron chi connectivity index (χ3n) is 3.12. The first-order chi connectivity index (χ1) is 11.5. The van der Waals surface area contributed by atoms with Gasteiger partial charge in [0, 0.05) is 16.1 Å². The molecule has 4 nitrogen and oxygen atoms in total. The van der Waals surface area contributed by atoms with Crippen LogP contribution < -0.4 is 4.74 Å². The smallest absolute Gasteiger partial charge is 0.387 e. The summed E-state index contributed by atoms with van der Waals surface area (Å²) >= 11 is 5.90. The molecule has 0 unspecified atom stereocenters. The van der Waals surface area contributed by atoms with Gasteiger partial charge in [0.1, 0.15) is 5.75 Å². The van der Waals surface area contributed by atoms with Crippen LogP contribution in [-0.2, 0) is 9.53 Å². The maximum atomic E-state index is 12.4. The maximum Gasteiger partial charge on any atom is 0.387 e. The van der Waals surface area contributed by atoms with Gasteiger partial charge in [-0.05, 0) is 30.3 Å². The van der Waals surface area contributed by atoms with Gasteiger partial charge in [0.2, 0.25) is 5.90 Å². The van der Waals surface area contributed by atoms with E-state index >= 15 is 0 Å². The van der Waals surface area contributed by atoms with Gasteiger partial charge in [-0.1, -0.05) is 35.9 Å². The number of alkyl halides is 2. The molecule has 1 aliphatic heterocycles. The summed E-state index contributed by atoms with van der Waals surface area (Å²) in [5, 5.41) is 0.472. The number of aliphatic imine (C=N–C) groups is 1. The summed E-state index contributed by atoms with van der Waals surface area (Å²) in [5.41, 5.74) is 0.813. The first-order valence-corrected chi connectivity index (χ1v) is 7.23. The Morgan fingerprint density at radius 2 is 1.96 bits per heavy atom. The highest BCUT2D eigenvalue weighted by molar-refractivity contribution is 6.31. The third-order valence-corrected chi connectivity index (χ3v) is 3.35. The van der Waals surface area contributed by atoms with Crippen molar-refractivity contribution in [1.29, 1.82) is 0 Å².